The second kappa shape index (κ2) is 5.61. The smallest absolute Gasteiger partial charge is 0.138 e. The van der Waals surface area contributed by atoms with E-state index in [1.54, 1.807) is 6.33 Å². The van der Waals surface area contributed by atoms with Gasteiger partial charge in [-0.2, -0.15) is 5.10 Å². The highest BCUT2D eigenvalue weighted by molar-refractivity contribution is 5.00. The van der Waals surface area contributed by atoms with E-state index in [2.05, 4.69) is 47.8 Å². The van der Waals surface area contributed by atoms with Crippen molar-refractivity contribution in [2.24, 2.45) is 5.41 Å². The molecule has 1 aromatic heterocycles. The third-order valence-electron chi connectivity index (χ3n) is 4.07. The molecule has 19 heavy (non-hydrogen) atoms. The minimum Gasteiger partial charge on any atom is -0.312 e. The van der Waals surface area contributed by atoms with Gasteiger partial charge in [-0.15, -0.1) is 0 Å². The number of nitrogens with one attached hydrogen (secondary N) is 1. The first kappa shape index (κ1) is 14.5. The Morgan fingerprint density at radius 1 is 1.37 bits per heavy atom. The van der Waals surface area contributed by atoms with Gasteiger partial charge in [0.05, 0.1) is 0 Å². The lowest BCUT2D eigenvalue weighted by Gasteiger charge is -2.43. The topological polar surface area (TPSA) is 42.7 Å². The molecule has 4 nitrogen and oxygen atoms in total. The summed E-state index contributed by atoms with van der Waals surface area (Å²) in [5.74, 6) is 1.16. The van der Waals surface area contributed by atoms with Crippen molar-refractivity contribution < 1.29 is 0 Å². The zero-order valence-corrected chi connectivity index (χ0v) is 12.9. The molecule has 0 spiro atoms. The van der Waals surface area contributed by atoms with E-state index in [0.717, 1.165) is 31.8 Å². The van der Waals surface area contributed by atoms with Crippen molar-refractivity contribution in [3.8, 4) is 0 Å². The van der Waals surface area contributed by atoms with E-state index in [-0.39, 0.29) is 5.54 Å². The minimum absolute atomic E-state index is 0.194. The van der Waals surface area contributed by atoms with Crippen LogP contribution in [-0.4, -0.2) is 26.8 Å². The maximum absolute atomic E-state index is 4.47. The van der Waals surface area contributed by atoms with Crippen LogP contribution in [0.25, 0.3) is 0 Å². The van der Waals surface area contributed by atoms with E-state index in [0.29, 0.717) is 5.41 Å². The molecule has 1 aliphatic rings. The van der Waals surface area contributed by atoms with E-state index in [1.807, 2.05) is 0 Å². The molecule has 0 radical (unpaired) electrons. The van der Waals surface area contributed by atoms with Crippen LogP contribution in [0.15, 0.2) is 6.33 Å². The average Bonchev–Trinajstić information content (AvgIpc) is 2.69. The lowest BCUT2D eigenvalue weighted by molar-refractivity contribution is 0.113. The molecule has 0 atom stereocenters. The van der Waals surface area contributed by atoms with Gasteiger partial charge in [0.1, 0.15) is 12.2 Å². The summed E-state index contributed by atoms with van der Waals surface area (Å²) in [4.78, 5) is 4.47. The molecule has 1 N–H and O–H groups in total. The van der Waals surface area contributed by atoms with Gasteiger partial charge in [0, 0.05) is 25.0 Å². The first-order chi connectivity index (χ1) is 8.94. The molecule has 0 amide bonds. The Hall–Kier alpha value is -0.900. The maximum Gasteiger partial charge on any atom is 0.138 e. The van der Waals surface area contributed by atoms with Crippen molar-refractivity contribution in [2.75, 3.05) is 6.54 Å². The van der Waals surface area contributed by atoms with Gasteiger partial charge in [-0.3, -0.25) is 4.68 Å². The Morgan fingerprint density at radius 2 is 2.11 bits per heavy atom. The van der Waals surface area contributed by atoms with Crippen LogP contribution in [0.5, 0.6) is 0 Å². The van der Waals surface area contributed by atoms with Gasteiger partial charge in [0.25, 0.3) is 0 Å². The quantitative estimate of drug-likeness (QED) is 0.859. The Labute approximate surface area is 117 Å². The SMILES string of the molecule is CCCn1ncnc1CC1(CNC(C)(C)C)CCC1. The van der Waals surface area contributed by atoms with E-state index < -0.39 is 0 Å². The molecule has 1 aliphatic carbocycles. The van der Waals surface area contributed by atoms with Crippen LogP contribution in [0, 0.1) is 5.41 Å². The lowest BCUT2D eigenvalue weighted by atomic mass is 9.66. The fourth-order valence-corrected chi connectivity index (χ4v) is 2.70. The molecule has 1 aromatic rings. The molecular formula is C15H28N4. The van der Waals surface area contributed by atoms with Crippen molar-refractivity contribution >= 4 is 0 Å². The fourth-order valence-electron chi connectivity index (χ4n) is 2.70. The molecule has 0 aliphatic heterocycles. The number of nitrogens with zero attached hydrogens (tertiary/aromatic N) is 3. The second-order valence-electron chi connectivity index (χ2n) is 7.03. The van der Waals surface area contributed by atoms with Gasteiger partial charge in [-0.05, 0) is 45.4 Å². The van der Waals surface area contributed by atoms with Crippen LogP contribution in [-0.2, 0) is 13.0 Å². The zero-order chi connectivity index (χ0) is 13.9. The third kappa shape index (κ3) is 3.78. The predicted molar refractivity (Wildman–Crippen MR) is 78.1 cm³/mol. The Bertz CT molecular complexity index is 399. The summed E-state index contributed by atoms with van der Waals surface area (Å²) in [6.45, 7) is 11.0. The van der Waals surface area contributed by atoms with Gasteiger partial charge >= 0.3 is 0 Å². The fraction of sp³-hybridized carbons (Fsp3) is 0.867. The number of aryl methyl sites for hydroxylation is 1. The average molecular weight is 264 g/mol. The standard InChI is InChI=1S/C15H28N4/c1-5-9-19-13(16-12-18-19)10-15(7-6-8-15)11-17-14(2,3)4/h12,17H,5-11H2,1-4H3. The van der Waals surface area contributed by atoms with Crippen molar-refractivity contribution in [2.45, 2.75) is 71.9 Å². The van der Waals surface area contributed by atoms with Gasteiger partial charge in [0.2, 0.25) is 0 Å². The molecule has 108 valence electrons. The molecule has 4 heteroatoms. The summed E-state index contributed by atoms with van der Waals surface area (Å²) in [5, 5.41) is 8.01. The van der Waals surface area contributed by atoms with E-state index >= 15 is 0 Å². The highest BCUT2D eigenvalue weighted by Gasteiger charge is 2.38. The van der Waals surface area contributed by atoms with Crippen molar-refractivity contribution in [1.29, 1.82) is 0 Å². The maximum atomic E-state index is 4.47. The summed E-state index contributed by atoms with van der Waals surface area (Å²) < 4.78 is 2.08. The van der Waals surface area contributed by atoms with Crippen LogP contribution < -0.4 is 5.32 Å². The van der Waals surface area contributed by atoms with Gasteiger partial charge in [0.15, 0.2) is 0 Å². The van der Waals surface area contributed by atoms with Crippen LogP contribution in [0.3, 0.4) is 0 Å². The lowest BCUT2D eigenvalue weighted by Crippen LogP contribution is -2.48. The van der Waals surface area contributed by atoms with Gasteiger partial charge in [-0.1, -0.05) is 13.3 Å². The van der Waals surface area contributed by atoms with Crippen LogP contribution in [0.1, 0.15) is 59.2 Å². The van der Waals surface area contributed by atoms with Crippen LogP contribution in [0.4, 0.5) is 0 Å². The largest absolute Gasteiger partial charge is 0.312 e. The Kier molecular flexibility index (Phi) is 4.29. The van der Waals surface area contributed by atoms with Crippen molar-refractivity contribution in [3.05, 3.63) is 12.2 Å². The summed E-state index contributed by atoms with van der Waals surface area (Å²) in [5.41, 5.74) is 0.603. The first-order valence-corrected chi connectivity index (χ1v) is 7.56. The molecule has 0 unspecified atom stereocenters. The van der Waals surface area contributed by atoms with Crippen LogP contribution in [0.2, 0.25) is 0 Å². The number of aromatic nitrogens is 3. The second-order valence-corrected chi connectivity index (χ2v) is 7.03. The molecule has 0 saturated heterocycles. The monoisotopic (exact) mass is 264 g/mol. The van der Waals surface area contributed by atoms with E-state index in [4.69, 9.17) is 0 Å². The van der Waals surface area contributed by atoms with E-state index in [9.17, 15) is 0 Å². The van der Waals surface area contributed by atoms with Crippen LogP contribution >= 0.6 is 0 Å². The first-order valence-electron chi connectivity index (χ1n) is 7.56. The number of hydrogen-bond acceptors (Lipinski definition) is 3. The van der Waals surface area contributed by atoms with Crippen molar-refractivity contribution in [1.82, 2.24) is 20.1 Å². The highest BCUT2D eigenvalue weighted by atomic mass is 15.3. The summed E-state index contributed by atoms with van der Waals surface area (Å²) in [6, 6.07) is 0. The molecule has 2 rings (SSSR count). The number of rotatable bonds is 6. The predicted octanol–water partition coefficient (Wildman–Crippen LogP) is 2.79. The summed E-state index contributed by atoms with van der Waals surface area (Å²) >= 11 is 0. The molecule has 0 bridgehead atoms. The molecule has 0 aromatic carbocycles. The summed E-state index contributed by atoms with van der Waals surface area (Å²) in [6.07, 6.45) is 7.87. The molecular weight excluding hydrogens is 236 g/mol. The van der Waals surface area contributed by atoms with Gasteiger partial charge in [-0.25, -0.2) is 4.98 Å². The van der Waals surface area contributed by atoms with E-state index in [1.165, 1.54) is 19.3 Å². The van der Waals surface area contributed by atoms with Crippen molar-refractivity contribution in [3.63, 3.8) is 0 Å². The summed E-state index contributed by atoms with van der Waals surface area (Å²) in [7, 11) is 0. The third-order valence-corrected chi connectivity index (χ3v) is 4.07. The molecule has 1 heterocycles. The normalized spacial score (nSPS) is 18.3. The Balaban J connectivity index is 2.00. The Morgan fingerprint density at radius 3 is 2.63 bits per heavy atom. The zero-order valence-electron chi connectivity index (χ0n) is 12.9. The number of hydrogen-bond donors (Lipinski definition) is 1. The highest BCUT2D eigenvalue weighted by Crippen LogP contribution is 2.43. The minimum atomic E-state index is 0.194. The molecule has 1 fully saturated rings. The van der Waals surface area contributed by atoms with Gasteiger partial charge < -0.3 is 5.32 Å². The molecule has 1 saturated carbocycles.